The van der Waals surface area contributed by atoms with E-state index >= 15 is 0 Å². The fraction of sp³-hybridized carbons (Fsp3) is 0.474. The molecule has 2 aliphatic rings. The van der Waals surface area contributed by atoms with E-state index in [-0.39, 0.29) is 11.7 Å². The van der Waals surface area contributed by atoms with Gasteiger partial charge in [0.05, 0.1) is 18.0 Å². The lowest BCUT2D eigenvalue weighted by molar-refractivity contribution is 0.0950. The molecule has 1 saturated carbocycles. The zero-order valence-corrected chi connectivity index (χ0v) is 16.1. The summed E-state index contributed by atoms with van der Waals surface area (Å²) in [6, 6.07) is 7.17. The van der Waals surface area contributed by atoms with E-state index in [1.807, 2.05) is 12.1 Å². The first kappa shape index (κ1) is 18.2. The van der Waals surface area contributed by atoms with Crippen LogP contribution in [0.4, 0.5) is 15.2 Å². The number of carbonyl (C=O) groups excluding carboxylic acids is 1. The van der Waals surface area contributed by atoms with Crippen LogP contribution >= 0.6 is 11.3 Å². The highest BCUT2D eigenvalue weighted by atomic mass is 32.1. The molecular weight excluding hydrogens is 367 g/mol. The van der Waals surface area contributed by atoms with Crippen molar-refractivity contribution in [3.8, 4) is 0 Å². The van der Waals surface area contributed by atoms with Gasteiger partial charge in [-0.2, -0.15) is 0 Å². The van der Waals surface area contributed by atoms with Crippen LogP contribution in [0.1, 0.15) is 28.2 Å². The fourth-order valence-electron chi connectivity index (χ4n) is 3.21. The number of amides is 1. The van der Waals surface area contributed by atoms with Crippen molar-refractivity contribution in [2.45, 2.75) is 25.5 Å². The number of thiazole rings is 1. The number of nitrogens with zero attached hydrogens (tertiary/aromatic N) is 3. The van der Waals surface area contributed by atoms with Gasteiger partial charge >= 0.3 is 0 Å². The van der Waals surface area contributed by atoms with Crippen molar-refractivity contribution in [3.05, 3.63) is 40.7 Å². The predicted molar refractivity (Wildman–Crippen MR) is 104 cm³/mol. The number of hydrogen-bond acceptors (Lipinski definition) is 6. The number of para-hydroxylation sites is 1. The Labute approximate surface area is 161 Å². The Balaban J connectivity index is 1.46. The number of aromatic nitrogens is 1. The Bertz CT molecular complexity index is 816. The van der Waals surface area contributed by atoms with Gasteiger partial charge in [0.2, 0.25) is 0 Å². The molecule has 1 aromatic heterocycles. The van der Waals surface area contributed by atoms with Crippen LogP contribution in [0.2, 0.25) is 0 Å². The van der Waals surface area contributed by atoms with Crippen molar-refractivity contribution in [3.63, 3.8) is 0 Å². The highest BCUT2D eigenvalue weighted by molar-refractivity contribution is 7.17. The molecule has 6 nitrogen and oxygen atoms in total. The minimum absolute atomic E-state index is 0.0571. The molecule has 0 unspecified atom stereocenters. The summed E-state index contributed by atoms with van der Waals surface area (Å²) in [6.07, 6.45) is 2.10. The second-order valence-corrected chi connectivity index (χ2v) is 7.86. The standard InChI is InChI=1S/C19H23FN4O2S/c1-26-12-15-17(18(25)21-13-6-7-13)27-19(22-15)24-10-8-23(9-11-24)16-5-3-2-4-14(16)20/h2-5,13H,6-12H2,1H3,(H,21,25). The van der Waals surface area contributed by atoms with Gasteiger partial charge in [0.25, 0.3) is 5.91 Å². The second kappa shape index (κ2) is 7.82. The third-order valence-electron chi connectivity index (χ3n) is 4.83. The third kappa shape index (κ3) is 4.06. The Morgan fingerprint density at radius 3 is 2.63 bits per heavy atom. The minimum atomic E-state index is -0.193. The van der Waals surface area contributed by atoms with Crippen molar-refractivity contribution in [2.24, 2.45) is 0 Å². The first-order valence-electron chi connectivity index (χ1n) is 9.19. The number of carbonyl (C=O) groups is 1. The highest BCUT2D eigenvalue weighted by Crippen LogP contribution is 2.30. The molecule has 144 valence electrons. The molecule has 1 aliphatic carbocycles. The number of ether oxygens (including phenoxy) is 1. The summed E-state index contributed by atoms with van der Waals surface area (Å²) in [5.74, 6) is -0.250. The van der Waals surface area contributed by atoms with Crippen LogP contribution in [0.3, 0.4) is 0 Å². The number of hydrogen-bond donors (Lipinski definition) is 1. The monoisotopic (exact) mass is 390 g/mol. The lowest BCUT2D eigenvalue weighted by Gasteiger charge is -2.36. The van der Waals surface area contributed by atoms with Gasteiger partial charge in [-0.15, -0.1) is 0 Å². The number of anilines is 2. The number of piperazine rings is 1. The Hall–Kier alpha value is -2.19. The topological polar surface area (TPSA) is 57.7 Å². The highest BCUT2D eigenvalue weighted by Gasteiger charge is 2.28. The number of halogens is 1. The van der Waals surface area contributed by atoms with Crippen molar-refractivity contribution in [1.82, 2.24) is 10.3 Å². The van der Waals surface area contributed by atoms with E-state index in [9.17, 15) is 9.18 Å². The lowest BCUT2D eigenvalue weighted by atomic mass is 10.2. The molecule has 0 bridgehead atoms. The van der Waals surface area contributed by atoms with Crippen molar-refractivity contribution >= 4 is 28.1 Å². The first-order valence-corrected chi connectivity index (χ1v) is 10.0. The molecule has 1 amide bonds. The predicted octanol–water partition coefficient (Wildman–Crippen LogP) is 2.65. The molecule has 1 aromatic carbocycles. The molecular formula is C19H23FN4O2S. The van der Waals surface area contributed by atoms with Crippen molar-refractivity contribution in [2.75, 3.05) is 43.1 Å². The van der Waals surface area contributed by atoms with Crippen LogP contribution in [0.15, 0.2) is 24.3 Å². The molecule has 0 radical (unpaired) electrons. The van der Waals surface area contributed by atoms with E-state index < -0.39 is 0 Å². The number of nitrogens with one attached hydrogen (secondary N) is 1. The number of benzene rings is 1. The van der Waals surface area contributed by atoms with Gasteiger partial charge in [-0.25, -0.2) is 9.37 Å². The fourth-order valence-corrected chi connectivity index (χ4v) is 4.24. The zero-order chi connectivity index (χ0) is 18.8. The second-order valence-electron chi connectivity index (χ2n) is 6.88. The van der Waals surface area contributed by atoms with Gasteiger partial charge in [0.15, 0.2) is 5.13 Å². The average molecular weight is 390 g/mol. The third-order valence-corrected chi connectivity index (χ3v) is 5.99. The van der Waals surface area contributed by atoms with Crippen LogP contribution in [0.5, 0.6) is 0 Å². The normalized spacial score (nSPS) is 17.3. The van der Waals surface area contributed by atoms with Gasteiger partial charge in [-0.3, -0.25) is 4.79 Å². The Kier molecular flexibility index (Phi) is 5.27. The molecule has 1 aliphatic heterocycles. The summed E-state index contributed by atoms with van der Waals surface area (Å²) in [7, 11) is 1.61. The van der Waals surface area contributed by atoms with Gasteiger partial charge in [-0.05, 0) is 25.0 Å². The average Bonchev–Trinajstić information content (AvgIpc) is 3.39. The van der Waals surface area contributed by atoms with Crippen LogP contribution in [0, 0.1) is 5.82 Å². The van der Waals surface area contributed by atoms with Crippen LogP contribution in [-0.2, 0) is 11.3 Å². The number of rotatable bonds is 6. The Morgan fingerprint density at radius 1 is 1.26 bits per heavy atom. The Morgan fingerprint density at radius 2 is 1.96 bits per heavy atom. The molecule has 0 atom stereocenters. The summed E-state index contributed by atoms with van der Waals surface area (Å²) < 4.78 is 19.2. The quantitative estimate of drug-likeness (QED) is 0.822. The number of methoxy groups -OCH3 is 1. The van der Waals surface area contributed by atoms with Crippen molar-refractivity contribution in [1.29, 1.82) is 0 Å². The smallest absolute Gasteiger partial charge is 0.263 e. The molecule has 0 spiro atoms. The van der Waals surface area contributed by atoms with E-state index in [1.165, 1.54) is 17.4 Å². The van der Waals surface area contributed by atoms with E-state index in [0.717, 1.165) is 31.1 Å². The van der Waals surface area contributed by atoms with Gasteiger partial charge in [-0.1, -0.05) is 23.5 Å². The van der Waals surface area contributed by atoms with E-state index in [0.29, 0.717) is 42.0 Å². The van der Waals surface area contributed by atoms with Crippen LogP contribution < -0.4 is 15.1 Å². The lowest BCUT2D eigenvalue weighted by Crippen LogP contribution is -2.46. The molecule has 1 N–H and O–H groups in total. The summed E-state index contributed by atoms with van der Waals surface area (Å²) in [6.45, 7) is 3.21. The first-order chi connectivity index (χ1) is 13.2. The van der Waals surface area contributed by atoms with Crippen molar-refractivity contribution < 1.29 is 13.9 Å². The largest absolute Gasteiger partial charge is 0.378 e. The summed E-state index contributed by atoms with van der Waals surface area (Å²) in [5.41, 5.74) is 1.33. The molecule has 2 aromatic rings. The van der Waals surface area contributed by atoms with Gasteiger partial charge in [0.1, 0.15) is 10.7 Å². The molecule has 2 fully saturated rings. The van der Waals surface area contributed by atoms with E-state index in [4.69, 9.17) is 4.74 Å². The van der Waals surface area contributed by atoms with E-state index in [1.54, 1.807) is 13.2 Å². The van der Waals surface area contributed by atoms with Crippen LogP contribution in [0.25, 0.3) is 0 Å². The summed E-state index contributed by atoms with van der Waals surface area (Å²) in [4.78, 5) is 22.0. The molecule has 4 rings (SSSR count). The molecule has 27 heavy (non-hydrogen) atoms. The maximum Gasteiger partial charge on any atom is 0.263 e. The summed E-state index contributed by atoms with van der Waals surface area (Å²) >= 11 is 1.41. The molecule has 1 saturated heterocycles. The van der Waals surface area contributed by atoms with Gasteiger partial charge in [0, 0.05) is 39.3 Å². The van der Waals surface area contributed by atoms with Gasteiger partial charge < -0.3 is 19.9 Å². The van der Waals surface area contributed by atoms with Crippen LogP contribution in [-0.4, -0.2) is 50.2 Å². The molecule has 8 heteroatoms. The maximum atomic E-state index is 14.0. The minimum Gasteiger partial charge on any atom is -0.378 e. The zero-order valence-electron chi connectivity index (χ0n) is 15.3. The summed E-state index contributed by atoms with van der Waals surface area (Å²) in [5, 5.41) is 3.86. The van der Waals surface area contributed by atoms with E-state index in [2.05, 4.69) is 20.1 Å². The maximum absolute atomic E-state index is 14.0. The molecule has 2 heterocycles. The SMILES string of the molecule is COCc1nc(N2CCN(c3ccccc3F)CC2)sc1C(=O)NC1CC1.